The number of aliphatic hydroxyl groups is 1. The minimum atomic E-state index is -0.931. The average Bonchev–Trinajstić information content (AvgIpc) is 3.81. The van der Waals surface area contributed by atoms with E-state index in [1.165, 1.54) is 17.0 Å². The number of β-amino-alcohol motifs (C(OH)–C–C–N with tert-alkyl or cyclic N) is 1. The highest BCUT2D eigenvalue weighted by molar-refractivity contribution is 7.13. The molecule has 17 heteroatoms. The zero-order chi connectivity index (χ0) is 42.4. The Morgan fingerprint density at radius 3 is 2.31 bits per heavy atom. The van der Waals surface area contributed by atoms with Gasteiger partial charge in [-0.15, -0.1) is 11.3 Å². The number of nitrogens with two attached hydrogens (primary N) is 2. The van der Waals surface area contributed by atoms with Gasteiger partial charge in [-0.2, -0.15) is 0 Å². The molecule has 2 fully saturated rings. The number of thiazole rings is 1. The van der Waals surface area contributed by atoms with Crippen molar-refractivity contribution in [1.82, 2.24) is 25.4 Å². The number of carbonyl (C=O) groups is 4. The highest BCUT2D eigenvalue weighted by atomic mass is 32.1. The SMILES string of the molecule is Cc1ncsc1-c1ccc(CNC(=O)[C@@H]2C[C@@H](O)CN2C(=O)[C@@H](NC(=O)CN2CCN(c3ccc(NC(=O)c4ccc(N=C(N)N)cc4F)cc3)CC2)C(C)(C)C)cc1. The molecule has 312 valence electrons. The molecule has 6 rings (SSSR count). The first-order valence-corrected chi connectivity index (χ1v) is 20.3. The second-order valence-corrected chi connectivity index (χ2v) is 16.8. The van der Waals surface area contributed by atoms with Crippen molar-refractivity contribution in [2.24, 2.45) is 21.9 Å². The molecular weight excluding hydrogens is 776 g/mol. The van der Waals surface area contributed by atoms with Crippen LogP contribution >= 0.6 is 11.3 Å². The van der Waals surface area contributed by atoms with Crippen LogP contribution in [0.3, 0.4) is 0 Å². The molecule has 0 unspecified atom stereocenters. The first kappa shape index (κ1) is 42.7. The van der Waals surface area contributed by atoms with Gasteiger partial charge in [0.05, 0.1) is 40.0 Å². The van der Waals surface area contributed by atoms with Gasteiger partial charge in [0.1, 0.15) is 17.9 Å². The third kappa shape index (κ3) is 10.8. The zero-order valence-electron chi connectivity index (χ0n) is 33.6. The van der Waals surface area contributed by atoms with Crippen LogP contribution in [0.25, 0.3) is 10.4 Å². The lowest BCUT2D eigenvalue weighted by Gasteiger charge is -2.37. The summed E-state index contributed by atoms with van der Waals surface area (Å²) in [5.74, 6) is -2.69. The number of aromatic nitrogens is 1. The molecule has 0 spiro atoms. The first-order valence-electron chi connectivity index (χ1n) is 19.4. The number of guanidine groups is 1. The molecule has 2 aliphatic rings. The predicted molar refractivity (Wildman–Crippen MR) is 227 cm³/mol. The number of nitrogens with zero attached hydrogens (tertiary/aromatic N) is 5. The normalized spacial score (nSPS) is 17.6. The van der Waals surface area contributed by atoms with Gasteiger partial charge in [-0.3, -0.25) is 24.1 Å². The molecule has 0 radical (unpaired) electrons. The molecule has 0 aliphatic carbocycles. The fourth-order valence-corrected chi connectivity index (χ4v) is 8.03. The predicted octanol–water partition coefficient (Wildman–Crippen LogP) is 3.35. The van der Waals surface area contributed by atoms with Crippen molar-refractivity contribution < 1.29 is 28.7 Å². The van der Waals surface area contributed by atoms with Crippen LogP contribution in [0.15, 0.2) is 77.2 Å². The summed E-state index contributed by atoms with van der Waals surface area (Å²) in [5.41, 5.74) is 16.2. The van der Waals surface area contributed by atoms with Crippen molar-refractivity contribution in [1.29, 1.82) is 0 Å². The minimum Gasteiger partial charge on any atom is -0.391 e. The largest absolute Gasteiger partial charge is 0.391 e. The van der Waals surface area contributed by atoms with Crippen molar-refractivity contribution in [3.05, 3.63) is 94.9 Å². The number of hydrogen-bond acceptors (Lipinski definition) is 10. The number of aliphatic imine (C=N–C) groups is 1. The molecule has 1 aromatic heterocycles. The molecule has 3 heterocycles. The number of anilines is 2. The van der Waals surface area contributed by atoms with Crippen molar-refractivity contribution in [3.63, 3.8) is 0 Å². The van der Waals surface area contributed by atoms with Crippen LogP contribution in [0, 0.1) is 18.2 Å². The van der Waals surface area contributed by atoms with Crippen LogP contribution < -0.4 is 32.3 Å². The number of halogens is 1. The molecule has 8 N–H and O–H groups in total. The first-order chi connectivity index (χ1) is 28.0. The summed E-state index contributed by atoms with van der Waals surface area (Å²) in [5, 5.41) is 19.2. The van der Waals surface area contributed by atoms with Gasteiger partial charge >= 0.3 is 0 Å². The van der Waals surface area contributed by atoms with Gasteiger partial charge in [0.2, 0.25) is 17.7 Å². The van der Waals surface area contributed by atoms with Crippen molar-refractivity contribution in [2.75, 3.05) is 49.5 Å². The van der Waals surface area contributed by atoms with E-state index in [0.29, 0.717) is 31.9 Å². The molecule has 2 aliphatic heterocycles. The van der Waals surface area contributed by atoms with Crippen molar-refractivity contribution >= 4 is 58.0 Å². The number of piperazine rings is 1. The standard InChI is InChI=1S/C42H51FN10O5S/c1-25-36(59-24-47-25)27-7-5-26(6-8-27)21-46-39(57)34-20-31(54)22-53(34)40(58)37(42(2,3)4)50-35(55)23-51-15-17-52(18-16-51)30-12-9-28(10-13-30)48-38(56)32-14-11-29(19-33(32)43)49-41(44)45/h5-14,19,24,31,34,37,54H,15-18,20-23H2,1-4H3,(H,46,57)(H,48,56)(H,50,55)(H4,44,45,49)/t31-,34+,37-/m1/s1. The van der Waals surface area contributed by atoms with Gasteiger partial charge in [0, 0.05) is 63.1 Å². The number of rotatable bonds is 12. The Balaban J connectivity index is 0.986. The highest BCUT2D eigenvalue weighted by Crippen LogP contribution is 2.29. The summed E-state index contributed by atoms with van der Waals surface area (Å²) in [6.07, 6.45) is -0.768. The lowest BCUT2D eigenvalue weighted by molar-refractivity contribution is -0.144. The van der Waals surface area contributed by atoms with Crippen LogP contribution in [-0.4, -0.2) is 107 Å². The average molecular weight is 827 g/mol. The summed E-state index contributed by atoms with van der Waals surface area (Å²) in [6.45, 7) is 10.3. The number of carbonyl (C=O) groups excluding carboxylic acids is 4. The van der Waals surface area contributed by atoms with Gasteiger partial charge in [0.15, 0.2) is 5.96 Å². The molecular formula is C42H51FN10O5S. The minimum absolute atomic E-state index is 0.00821. The number of benzene rings is 3. The van der Waals surface area contributed by atoms with E-state index in [0.717, 1.165) is 33.5 Å². The fourth-order valence-electron chi connectivity index (χ4n) is 7.22. The van der Waals surface area contributed by atoms with E-state index >= 15 is 0 Å². The number of likely N-dealkylation sites (tertiary alicyclic amines) is 1. The molecule has 0 bridgehead atoms. The molecule has 0 saturated carbocycles. The Labute approximate surface area is 346 Å². The monoisotopic (exact) mass is 826 g/mol. The van der Waals surface area contributed by atoms with Gasteiger partial charge in [-0.25, -0.2) is 14.4 Å². The van der Waals surface area contributed by atoms with Crippen LogP contribution in [-0.2, 0) is 20.9 Å². The fraction of sp³-hybridized carbons (Fsp3) is 0.381. The molecule has 4 amide bonds. The highest BCUT2D eigenvalue weighted by Gasteiger charge is 2.44. The molecule has 3 aromatic carbocycles. The van der Waals surface area contributed by atoms with Crippen LogP contribution in [0.5, 0.6) is 0 Å². The summed E-state index contributed by atoms with van der Waals surface area (Å²) in [7, 11) is 0. The van der Waals surface area contributed by atoms with Crippen LogP contribution in [0.2, 0.25) is 0 Å². The van der Waals surface area contributed by atoms with E-state index in [1.807, 2.05) is 74.5 Å². The Hall–Kier alpha value is -5.91. The molecule has 3 atom stereocenters. The Morgan fingerprint density at radius 1 is 1.00 bits per heavy atom. The van der Waals surface area contributed by atoms with E-state index < -0.39 is 41.2 Å². The summed E-state index contributed by atoms with van der Waals surface area (Å²) < 4.78 is 14.6. The number of aliphatic hydroxyl groups excluding tert-OH is 1. The number of hydrogen-bond donors (Lipinski definition) is 6. The van der Waals surface area contributed by atoms with Crippen molar-refractivity contribution in [3.8, 4) is 10.4 Å². The Morgan fingerprint density at radius 2 is 1.69 bits per heavy atom. The molecule has 59 heavy (non-hydrogen) atoms. The van der Waals surface area contributed by atoms with Crippen LogP contribution in [0.4, 0.5) is 21.5 Å². The smallest absolute Gasteiger partial charge is 0.258 e. The maximum absolute atomic E-state index is 14.6. The van der Waals surface area contributed by atoms with Crippen LogP contribution in [0.1, 0.15) is 48.8 Å². The van der Waals surface area contributed by atoms with E-state index in [2.05, 4.69) is 30.8 Å². The van der Waals surface area contributed by atoms with Gasteiger partial charge in [0.25, 0.3) is 5.91 Å². The third-order valence-corrected chi connectivity index (χ3v) is 11.4. The third-order valence-electron chi connectivity index (χ3n) is 10.4. The number of nitrogens with one attached hydrogen (secondary N) is 3. The maximum Gasteiger partial charge on any atom is 0.258 e. The number of amides is 4. The van der Waals surface area contributed by atoms with E-state index in [-0.39, 0.29) is 55.1 Å². The Kier molecular flexibility index (Phi) is 13.3. The lowest BCUT2D eigenvalue weighted by atomic mass is 9.85. The maximum atomic E-state index is 14.6. The zero-order valence-corrected chi connectivity index (χ0v) is 34.4. The van der Waals surface area contributed by atoms with Gasteiger partial charge in [-0.05, 0) is 59.9 Å². The van der Waals surface area contributed by atoms with E-state index in [9.17, 15) is 28.7 Å². The molecule has 2 saturated heterocycles. The summed E-state index contributed by atoms with van der Waals surface area (Å²) >= 11 is 1.57. The number of aryl methyl sites for hydroxylation is 1. The van der Waals surface area contributed by atoms with Gasteiger partial charge < -0.3 is 42.3 Å². The second-order valence-electron chi connectivity index (χ2n) is 15.9. The second kappa shape index (κ2) is 18.3. The molecule has 4 aromatic rings. The topological polar surface area (TPSA) is 212 Å². The summed E-state index contributed by atoms with van der Waals surface area (Å²) in [6, 6.07) is 17.1. The summed E-state index contributed by atoms with van der Waals surface area (Å²) in [4.78, 5) is 68.5. The van der Waals surface area contributed by atoms with Gasteiger partial charge in [-0.1, -0.05) is 45.0 Å². The molecule has 15 nitrogen and oxygen atoms in total. The van der Waals surface area contributed by atoms with E-state index in [1.54, 1.807) is 23.5 Å². The van der Waals surface area contributed by atoms with E-state index in [4.69, 9.17) is 11.5 Å². The van der Waals surface area contributed by atoms with Crippen molar-refractivity contribution in [2.45, 2.75) is 58.8 Å². The quantitative estimate of drug-likeness (QED) is 0.0906. The lowest BCUT2D eigenvalue weighted by Crippen LogP contribution is -2.59. The Bertz CT molecular complexity index is 2180.